The third-order valence-electron chi connectivity index (χ3n) is 3.63. The summed E-state index contributed by atoms with van der Waals surface area (Å²) in [5.74, 6) is 0.544. The van der Waals surface area contributed by atoms with Crippen LogP contribution in [0.3, 0.4) is 0 Å². The molecule has 0 aliphatic heterocycles. The molecule has 0 unspecified atom stereocenters. The van der Waals surface area contributed by atoms with Gasteiger partial charge in [-0.1, -0.05) is 60.1 Å². The molecule has 0 aromatic heterocycles. The minimum atomic E-state index is -3.69. The molecule has 138 valence electrons. The standard InChI is InChI=1S/C20H17ClN2O3S/c21-19-13-17(11-12-20(19)26-15-16-7-3-1-4-8-16)14-22-23-27(24,25)18-9-5-2-6-10-18/h1-14,23H,15H2/b22-14+. The Kier molecular flexibility index (Phi) is 6.11. The van der Waals surface area contributed by atoms with Gasteiger partial charge in [0.2, 0.25) is 0 Å². The summed E-state index contributed by atoms with van der Waals surface area (Å²) >= 11 is 6.24. The van der Waals surface area contributed by atoms with Gasteiger partial charge in [0.1, 0.15) is 12.4 Å². The molecule has 3 aromatic carbocycles. The summed E-state index contributed by atoms with van der Waals surface area (Å²) in [6.07, 6.45) is 1.38. The predicted octanol–water partition coefficient (Wildman–Crippen LogP) is 4.23. The lowest BCUT2D eigenvalue weighted by molar-refractivity contribution is 0.306. The number of nitrogens with zero attached hydrogens (tertiary/aromatic N) is 1. The Morgan fingerprint density at radius 1 is 0.963 bits per heavy atom. The van der Waals surface area contributed by atoms with Crippen molar-refractivity contribution in [3.63, 3.8) is 0 Å². The molecule has 7 heteroatoms. The molecule has 3 rings (SSSR count). The van der Waals surface area contributed by atoms with E-state index in [4.69, 9.17) is 16.3 Å². The fraction of sp³-hybridized carbons (Fsp3) is 0.0500. The molecule has 0 saturated heterocycles. The fourth-order valence-corrected chi connectivity index (χ4v) is 3.33. The number of nitrogens with one attached hydrogen (secondary N) is 1. The van der Waals surface area contributed by atoms with Crippen LogP contribution in [-0.2, 0) is 16.6 Å². The molecule has 0 amide bonds. The second-order valence-electron chi connectivity index (χ2n) is 5.63. The molecule has 0 radical (unpaired) electrons. The molecular formula is C20H17ClN2O3S. The first-order valence-electron chi connectivity index (χ1n) is 8.11. The first-order chi connectivity index (χ1) is 13.0. The second kappa shape index (κ2) is 8.70. The number of hydrogen-bond acceptors (Lipinski definition) is 4. The van der Waals surface area contributed by atoms with Crippen molar-refractivity contribution in [2.75, 3.05) is 0 Å². The van der Waals surface area contributed by atoms with E-state index in [0.29, 0.717) is 22.9 Å². The zero-order valence-electron chi connectivity index (χ0n) is 14.2. The SMILES string of the molecule is O=S(=O)(N/N=C/c1ccc(OCc2ccccc2)c(Cl)c1)c1ccccc1. The second-order valence-corrected chi connectivity index (χ2v) is 7.70. The van der Waals surface area contributed by atoms with Crippen molar-refractivity contribution in [2.45, 2.75) is 11.5 Å². The first kappa shape index (κ1) is 18.9. The Morgan fingerprint density at radius 3 is 2.30 bits per heavy atom. The zero-order valence-corrected chi connectivity index (χ0v) is 15.8. The number of rotatable bonds is 7. The number of ether oxygens (including phenoxy) is 1. The minimum Gasteiger partial charge on any atom is -0.487 e. The van der Waals surface area contributed by atoms with E-state index in [-0.39, 0.29) is 4.90 Å². The molecule has 5 nitrogen and oxygen atoms in total. The van der Waals surface area contributed by atoms with E-state index in [0.717, 1.165) is 5.56 Å². The summed E-state index contributed by atoms with van der Waals surface area (Å²) in [6.45, 7) is 0.408. The summed E-state index contributed by atoms with van der Waals surface area (Å²) < 4.78 is 29.9. The number of hydrogen-bond donors (Lipinski definition) is 1. The molecule has 0 bridgehead atoms. The van der Waals surface area contributed by atoms with Crippen molar-refractivity contribution >= 4 is 27.8 Å². The van der Waals surface area contributed by atoms with E-state index in [9.17, 15) is 8.42 Å². The Balaban J connectivity index is 1.63. The van der Waals surface area contributed by atoms with Crippen LogP contribution in [0.1, 0.15) is 11.1 Å². The summed E-state index contributed by atoms with van der Waals surface area (Å²) in [4.78, 5) is 2.32. The van der Waals surface area contributed by atoms with Crippen LogP contribution in [0.4, 0.5) is 0 Å². The van der Waals surface area contributed by atoms with E-state index >= 15 is 0 Å². The molecule has 0 spiro atoms. The van der Waals surface area contributed by atoms with Crippen LogP contribution >= 0.6 is 11.6 Å². The lowest BCUT2D eigenvalue weighted by Crippen LogP contribution is -2.18. The van der Waals surface area contributed by atoms with Crippen LogP contribution in [0.15, 0.2) is 88.9 Å². The van der Waals surface area contributed by atoms with E-state index in [1.807, 2.05) is 30.3 Å². The zero-order chi connectivity index (χ0) is 19.1. The molecule has 0 aliphatic rings. The highest BCUT2D eigenvalue weighted by molar-refractivity contribution is 7.89. The van der Waals surface area contributed by atoms with Gasteiger partial charge in [-0.15, -0.1) is 0 Å². The summed E-state index contributed by atoms with van der Waals surface area (Å²) in [5.41, 5.74) is 1.68. The topological polar surface area (TPSA) is 67.8 Å². The Bertz CT molecular complexity index is 1020. The monoisotopic (exact) mass is 400 g/mol. The van der Waals surface area contributed by atoms with Crippen molar-refractivity contribution in [1.82, 2.24) is 4.83 Å². The maximum absolute atomic E-state index is 12.1. The Morgan fingerprint density at radius 2 is 1.63 bits per heavy atom. The third kappa shape index (κ3) is 5.32. The highest BCUT2D eigenvalue weighted by atomic mass is 35.5. The van der Waals surface area contributed by atoms with Crippen LogP contribution in [0.25, 0.3) is 0 Å². The highest BCUT2D eigenvalue weighted by Gasteiger charge is 2.11. The van der Waals surface area contributed by atoms with Crippen LogP contribution in [-0.4, -0.2) is 14.6 Å². The van der Waals surface area contributed by atoms with Gasteiger partial charge in [0, 0.05) is 0 Å². The van der Waals surface area contributed by atoms with Crippen LogP contribution in [0.2, 0.25) is 5.02 Å². The Hall–Kier alpha value is -2.83. The number of benzene rings is 3. The summed E-state index contributed by atoms with van der Waals surface area (Å²) in [6, 6.07) is 22.9. The van der Waals surface area contributed by atoms with Gasteiger partial charge in [-0.3, -0.25) is 0 Å². The first-order valence-corrected chi connectivity index (χ1v) is 9.97. The van der Waals surface area contributed by atoms with E-state index in [1.165, 1.54) is 18.3 Å². The minimum absolute atomic E-state index is 0.143. The van der Waals surface area contributed by atoms with Crippen molar-refractivity contribution in [2.24, 2.45) is 5.10 Å². The lowest BCUT2D eigenvalue weighted by Gasteiger charge is -2.08. The maximum atomic E-state index is 12.1. The molecule has 0 heterocycles. The van der Waals surface area contributed by atoms with Gasteiger partial charge in [0.05, 0.1) is 16.1 Å². The quantitative estimate of drug-likeness (QED) is 0.476. The van der Waals surface area contributed by atoms with Gasteiger partial charge >= 0.3 is 0 Å². The molecule has 0 saturated carbocycles. The normalized spacial score (nSPS) is 11.4. The van der Waals surface area contributed by atoms with Crippen molar-refractivity contribution in [3.8, 4) is 5.75 Å². The molecule has 0 aliphatic carbocycles. The molecule has 0 fully saturated rings. The van der Waals surface area contributed by atoms with Gasteiger partial charge in [-0.2, -0.15) is 13.5 Å². The molecule has 3 aromatic rings. The van der Waals surface area contributed by atoms with E-state index < -0.39 is 10.0 Å². The largest absolute Gasteiger partial charge is 0.487 e. The van der Waals surface area contributed by atoms with Crippen LogP contribution in [0, 0.1) is 0 Å². The fourth-order valence-electron chi connectivity index (χ4n) is 2.27. The number of halogens is 1. The average Bonchev–Trinajstić information content (AvgIpc) is 2.69. The van der Waals surface area contributed by atoms with E-state index in [2.05, 4.69) is 9.93 Å². The summed E-state index contributed by atoms with van der Waals surface area (Å²) in [7, 11) is -3.69. The molecule has 27 heavy (non-hydrogen) atoms. The highest BCUT2D eigenvalue weighted by Crippen LogP contribution is 2.25. The van der Waals surface area contributed by atoms with Crippen LogP contribution in [0.5, 0.6) is 5.75 Å². The van der Waals surface area contributed by atoms with Gasteiger partial charge in [-0.05, 0) is 41.5 Å². The predicted molar refractivity (Wildman–Crippen MR) is 107 cm³/mol. The van der Waals surface area contributed by atoms with Gasteiger partial charge < -0.3 is 4.74 Å². The maximum Gasteiger partial charge on any atom is 0.276 e. The average molecular weight is 401 g/mol. The lowest BCUT2D eigenvalue weighted by atomic mass is 10.2. The molecule has 0 atom stereocenters. The smallest absolute Gasteiger partial charge is 0.276 e. The van der Waals surface area contributed by atoms with Gasteiger partial charge in [0.25, 0.3) is 10.0 Å². The number of sulfonamides is 1. The third-order valence-corrected chi connectivity index (χ3v) is 5.17. The van der Waals surface area contributed by atoms with Gasteiger partial charge in [0.15, 0.2) is 0 Å². The van der Waals surface area contributed by atoms with Crippen molar-refractivity contribution in [3.05, 3.63) is 95.0 Å². The van der Waals surface area contributed by atoms with Gasteiger partial charge in [-0.25, -0.2) is 4.83 Å². The molecular weight excluding hydrogens is 384 g/mol. The van der Waals surface area contributed by atoms with Crippen molar-refractivity contribution in [1.29, 1.82) is 0 Å². The van der Waals surface area contributed by atoms with Crippen molar-refractivity contribution < 1.29 is 13.2 Å². The number of hydrazone groups is 1. The molecule has 1 N–H and O–H groups in total. The van der Waals surface area contributed by atoms with E-state index in [1.54, 1.807) is 36.4 Å². The van der Waals surface area contributed by atoms with Crippen LogP contribution < -0.4 is 9.57 Å². The summed E-state index contributed by atoms with van der Waals surface area (Å²) in [5, 5.41) is 4.21. The Labute approximate surface area is 163 Å².